The van der Waals surface area contributed by atoms with Crippen molar-refractivity contribution in [3.63, 3.8) is 0 Å². The molecule has 7 heteroatoms. The lowest BCUT2D eigenvalue weighted by Gasteiger charge is -2.22. The monoisotopic (exact) mass is 393 g/mol. The second kappa shape index (κ2) is 7.95. The van der Waals surface area contributed by atoms with Gasteiger partial charge in [0, 0.05) is 12.7 Å². The number of nitrogens with zero attached hydrogens (tertiary/aromatic N) is 3. The maximum atomic E-state index is 13.5. The van der Waals surface area contributed by atoms with Crippen LogP contribution in [0.3, 0.4) is 0 Å². The fraction of sp³-hybridized carbons (Fsp3) is 0.318. The molecule has 0 aliphatic heterocycles. The molecule has 3 aromatic rings. The third-order valence-corrected chi connectivity index (χ3v) is 5.32. The highest BCUT2D eigenvalue weighted by Crippen LogP contribution is 2.27. The number of fused-ring (bicyclic) bond motifs is 1. The van der Waals surface area contributed by atoms with Crippen LogP contribution in [0.25, 0.3) is 0 Å². The highest BCUT2D eigenvalue weighted by atomic mass is 16.5. The number of esters is 1. The molecule has 1 aromatic carbocycles. The second-order valence-corrected chi connectivity index (χ2v) is 7.13. The number of methoxy groups -OCH3 is 1. The molecule has 1 aliphatic rings. The summed E-state index contributed by atoms with van der Waals surface area (Å²) < 4.78 is 12.2. The first kappa shape index (κ1) is 19.0. The first-order chi connectivity index (χ1) is 14.1. The highest BCUT2D eigenvalue weighted by Gasteiger charge is 2.27. The van der Waals surface area contributed by atoms with Gasteiger partial charge in [-0.15, -0.1) is 0 Å². The van der Waals surface area contributed by atoms with Crippen molar-refractivity contribution in [1.29, 1.82) is 0 Å². The van der Waals surface area contributed by atoms with Gasteiger partial charge in [-0.05, 0) is 49.1 Å². The normalized spacial score (nSPS) is 12.6. The molecule has 0 saturated heterocycles. The quantitative estimate of drug-likeness (QED) is 0.602. The molecule has 29 heavy (non-hydrogen) atoms. The fourth-order valence-electron chi connectivity index (χ4n) is 3.92. The molecule has 0 bridgehead atoms. The summed E-state index contributed by atoms with van der Waals surface area (Å²) in [6.45, 7) is 0.630. The van der Waals surface area contributed by atoms with Crippen molar-refractivity contribution in [2.24, 2.45) is 7.05 Å². The zero-order chi connectivity index (χ0) is 20.4. The summed E-state index contributed by atoms with van der Waals surface area (Å²) in [5, 5.41) is 4.65. The van der Waals surface area contributed by atoms with Gasteiger partial charge in [-0.2, -0.15) is 5.10 Å². The average molecular weight is 393 g/mol. The van der Waals surface area contributed by atoms with Crippen molar-refractivity contribution in [3.8, 4) is 0 Å². The van der Waals surface area contributed by atoms with Gasteiger partial charge in [-0.3, -0.25) is 9.48 Å². The molecule has 7 nitrogen and oxygen atoms in total. The Morgan fingerprint density at radius 3 is 2.66 bits per heavy atom. The lowest BCUT2D eigenvalue weighted by Crippen LogP contribution is -2.32. The van der Waals surface area contributed by atoms with Crippen LogP contribution in [-0.2, 0) is 37.7 Å². The minimum absolute atomic E-state index is 0.246. The van der Waals surface area contributed by atoms with E-state index in [0.717, 1.165) is 25.0 Å². The third kappa shape index (κ3) is 3.68. The Morgan fingerprint density at radius 2 is 1.93 bits per heavy atom. The van der Waals surface area contributed by atoms with Gasteiger partial charge in [-0.25, -0.2) is 4.79 Å². The lowest BCUT2D eigenvalue weighted by molar-refractivity contribution is 0.0587. The number of benzene rings is 1. The van der Waals surface area contributed by atoms with Crippen molar-refractivity contribution in [1.82, 2.24) is 14.7 Å². The molecular formula is C22H23N3O4. The van der Waals surface area contributed by atoms with Crippen molar-refractivity contribution in [3.05, 3.63) is 76.5 Å². The molecule has 0 radical (unpaired) electrons. The standard InChI is InChI=1S/C22H23N3O4/c1-24-20-11-5-10-18(20)19(23-24)14-25(13-15-7-6-12-29-15)21(26)16-8-3-4-9-17(16)22(27)28-2/h3-4,6-9,12H,5,10-11,13-14H2,1-2H3. The molecule has 1 amide bonds. The molecule has 0 atom stereocenters. The van der Waals surface area contributed by atoms with Crippen LogP contribution in [0.5, 0.6) is 0 Å². The molecule has 0 spiro atoms. The van der Waals surface area contributed by atoms with Crippen molar-refractivity contribution in [2.75, 3.05) is 7.11 Å². The van der Waals surface area contributed by atoms with Crippen molar-refractivity contribution >= 4 is 11.9 Å². The molecular weight excluding hydrogens is 370 g/mol. The van der Waals surface area contributed by atoms with Gasteiger partial charge in [0.25, 0.3) is 5.91 Å². The third-order valence-electron chi connectivity index (χ3n) is 5.32. The topological polar surface area (TPSA) is 77.6 Å². The van der Waals surface area contributed by atoms with Crippen LogP contribution in [0.15, 0.2) is 47.1 Å². The molecule has 0 saturated carbocycles. The van der Waals surface area contributed by atoms with Crippen LogP contribution in [0.2, 0.25) is 0 Å². The Labute approximate surface area is 168 Å². The number of rotatable bonds is 6. The first-order valence-corrected chi connectivity index (χ1v) is 9.61. The smallest absolute Gasteiger partial charge is 0.338 e. The van der Waals surface area contributed by atoms with Gasteiger partial charge in [0.05, 0.1) is 43.3 Å². The number of carbonyl (C=O) groups is 2. The zero-order valence-corrected chi connectivity index (χ0v) is 16.6. The Balaban J connectivity index is 1.69. The fourth-order valence-corrected chi connectivity index (χ4v) is 3.92. The van der Waals surface area contributed by atoms with Gasteiger partial charge < -0.3 is 14.1 Å². The summed E-state index contributed by atoms with van der Waals surface area (Å²) in [5.74, 6) is -0.132. The van der Waals surface area contributed by atoms with Gasteiger partial charge >= 0.3 is 5.97 Å². The van der Waals surface area contributed by atoms with E-state index in [1.807, 2.05) is 17.8 Å². The van der Waals surface area contributed by atoms with E-state index in [2.05, 4.69) is 5.10 Å². The number of ether oxygens (including phenoxy) is 1. The van der Waals surface area contributed by atoms with E-state index < -0.39 is 5.97 Å². The number of amides is 1. The zero-order valence-electron chi connectivity index (χ0n) is 16.6. The summed E-state index contributed by atoms with van der Waals surface area (Å²) in [6, 6.07) is 10.3. The SMILES string of the molecule is COC(=O)c1ccccc1C(=O)N(Cc1ccco1)Cc1nn(C)c2c1CCC2. The maximum Gasteiger partial charge on any atom is 0.338 e. The van der Waals surface area contributed by atoms with Gasteiger partial charge in [0.1, 0.15) is 5.76 Å². The summed E-state index contributed by atoms with van der Waals surface area (Å²) in [7, 11) is 3.25. The predicted octanol–water partition coefficient (Wildman–Crippen LogP) is 3.13. The van der Waals surface area contributed by atoms with Crippen LogP contribution >= 0.6 is 0 Å². The summed E-state index contributed by atoms with van der Waals surface area (Å²) in [4.78, 5) is 27.3. The Hall–Kier alpha value is -3.35. The van der Waals surface area contributed by atoms with Crippen LogP contribution in [0, 0.1) is 0 Å². The molecule has 0 unspecified atom stereocenters. The van der Waals surface area contributed by atoms with Gasteiger partial charge in [0.2, 0.25) is 0 Å². The number of furan rings is 1. The summed E-state index contributed by atoms with van der Waals surface area (Å²) >= 11 is 0. The average Bonchev–Trinajstić information content (AvgIpc) is 3.47. The number of hydrogen-bond acceptors (Lipinski definition) is 5. The van der Waals surface area contributed by atoms with E-state index in [0.29, 0.717) is 17.9 Å². The largest absolute Gasteiger partial charge is 0.467 e. The molecule has 4 rings (SSSR count). The number of aryl methyl sites for hydroxylation is 1. The molecule has 1 aliphatic carbocycles. The molecule has 0 N–H and O–H groups in total. The lowest BCUT2D eigenvalue weighted by atomic mass is 10.1. The van der Waals surface area contributed by atoms with Crippen LogP contribution in [0.4, 0.5) is 0 Å². The minimum atomic E-state index is -0.536. The molecule has 2 heterocycles. The minimum Gasteiger partial charge on any atom is -0.467 e. The maximum absolute atomic E-state index is 13.5. The Kier molecular flexibility index (Phi) is 5.20. The van der Waals surface area contributed by atoms with Crippen molar-refractivity contribution in [2.45, 2.75) is 32.4 Å². The summed E-state index contributed by atoms with van der Waals surface area (Å²) in [6.07, 6.45) is 4.67. The molecule has 150 valence electrons. The van der Waals surface area contributed by atoms with E-state index in [1.54, 1.807) is 41.5 Å². The van der Waals surface area contributed by atoms with E-state index in [9.17, 15) is 9.59 Å². The van der Waals surface area contributed by atoms with E-state index in [1.165, 1.54) is 18.4 Å². The highest BCUT2D eigenvalue weighted by molar-refractivity contribution is 6.05. The molecule has 0 fully saturated rings. The van der Waals surface area contributed by atoms with Crippen LogP contribution < -0.4 is 0 Å². The van der Waals surface area contributed by atoms with Gasteiger partial charge in [0.15, 0.2) is 0 Å². The molecule has 2 aromatic heterocycles. The first-order valence-electron chi connectivity index (χ1n) is 9.61. The number of carbonyl (C=O) groups excluding carboxylic acids is 2. The number of hydrogen-bond donors (Lipinski definition) is 0. The Bertz CT molecular complexity index is 1040. The summed E-state index contributed by atoms with van der Waals surface area (Å²) in [5.41, 5.74) is 3.91. The van der Waals surface area contributed by atoms with Crippen LogP contribution in [0.1, 0.15) is 49.8 Å². The van der Waals surface area contributed by atoms with Gasteiger partial charge in [-0.1, -0.05) is 12.1 Å². The van der Waals surface area contributed by atoms with E-state index >= 15 is 0 Å². The Morgan fingerprint density at radius 1 is 1.14 bits per heavy atom. The van der Waals surface area contributed by atoms with Crippen molar-refractivity contribution < 1.29 is 18.7 Å². The van der Waals surface area contributed by atoms with E-state index in [-0.39, 0.29) is 18.0 Å². The van der Waals surface area contributed by atoms with Crippen LogP contribution in [-0.4, -0.2) is 33.7 Å². The number of aromatic nitrogens is 2. The second-order valence-electron chi connectivity index (χ2n) is 7.13. The van der Waals surface area contributed by atoms with E-state index in [4.69, 9.17) is 9.15 Å². The predicted molar refractivity (Wildman–Crippen MR) is 105 cm³/mol.